The van der Waals surface area contributed by atoms with E-state index in [0.717, 1.165) is 0 Å². The number of ether oxygens (including phenoxy) is 1. The first-order valence-electron chi connectivity index (χ1n) is 8.06. The Hall–Kier alpha value is -0.875. The molecule has 124 valence electrons. The molecule has 2 aliphatic rings. The number of hydrogen-bond acceptors (Lipinski definition) is 5. The van der Waals surface area contributed by atoms with E-state index in [0.29, 0.717) is 12.7 Å². The van der Waals surface area contributed by atoms with Gasteiger partial charge in [0.15, 0.2) is 0 Å². The van der Waals surface area contributed by atoms with E-state index >= 15 is 0 Å². The number of carbonyl (C=O) groups excluding carboxylic acids is 2. The molecule has 0 aromatic rings. The summed E-state index contributed by atoms with van der Waals surface area (Å²) in [6.45, 7) is 11.7. The fourth-order valence-electron chi connectivity index (χ4n) is 2.94. The second-order valence-corrected chi connectivity index (χ2v) is 7.85. The Morgan fingerprint density at radius 3 is 2.09 bits per heavy atom. The van der Waals surface area contributed by atoms with Gasteiger partial charge in [0.1, 0.15) is 5.78 Å². The first-order chi connectivity index (χ1) is 9.97. The van der Waals surface area contributed by atoms with Gasteiger partial charge in [-0.2, -0.15) is 0 Å². The highest BCUT2D eigenvalue weighted by atomic mass is 16.7. The third-order valence-corrected chi connectivity index (χ3v) is 5.01. The van der Waals surface area contributed by atoms with Crippen LogP contribution in [0.3, 0.4) is 0 Å². The molecule has 1 saturated carbocycles. The van der Waals surface area contributed by atoms with Gasteiger partial charge in [-0.25, -0.2) is 0 Å². The molecule has 6 heteroatoms. The highest BCUT2D eigenvalue weighted by Gasteiger charge is 2.55. The van der Waals surface area contributed by atoms with Gasteiger partial charge in [-0.3, -0.25) is 9.59 Å². The Labute approximate surface area is 133 Å². The fourth-order valence-corrected chi connectivity index (χ4v) is 2.94. The first kappa shape index (κ1) is 17.5. The van der Waals surface area contributed by atoms with Crippen molar-refractivity contribution >= 4 is 18.9 Å². The van der Waals surface area contributed by atoms with E-state index in [4.69, 9.17) is 14.0 Å². The maximum Gasteiger partial charge on any atom is 0.457 e. The number of ketones is 1. The molecule has 1 aliphatic carbocycles. The third-order valence-electron chi connectivity index (χ3n) is 5.01. The summed E-state index contributed by atoms with van der Waals surface area (Å²) in [5.74, 6) is -0.145. The molecule has 0 amide bonds. The van der Waals surface area contributed by atoms with Crippen LogP contribution in [-0.2, 0) is 23.6 Å². The molecular formula is C16H27BO5. The van der Waals surface area contributed by atoms with E-state index in [1.54, 1.807) is 0 Å². The molecule has 1 saturated heterocycles. The number of rotatable bonds is 5. The predicted octanol–water partition coefficient (Wildman–Crippen LogP) is 2.77. The summed E-state index contributed by atoms with van der Waals surface area (Å²) in [5, 5.41) is 0. The van der Waals surface area contributed by atoms with Gasteiger partial charge in [-0.05, 0) is 54.3 Å². The van der Waals surface area contributed by atoms with Crippen LogP contribution in [-0.4, -0.2) is 36.2 Å². The maximum atomic E-state index is 12.3. The van der Waals surface area contributed by atoms with Gasteiger partial charge in [-0.15, -0.1) is 0 Å². The molecule has 0 bridgehead atoms. The van der Waals surface area contributed by atoms with Crippen LogP contribution in [0, 0.1) is 5.41 Å². The quantitative estimate of drug-likeness (QED) is 0.577. The minimum absolute atomic E-state index is 0.120. The molecule has 0 spiro atoms. The zero-order chi connectivity index (χ0) is 16.8. The lowest BCUT2D eigenvalue weighted by Gasteiger charge is -2.38. The largest absolute Gasteiger partial charge is 0.463 e. The third kappa shape index (κ3) is 3.23. The van der Waals surface area contributed by atoms with Crippen LogP contribution in [0.2, 0.25) is 6.32 Å². The number of carbonyl (C=O) groups is 2. The van der Waals surface area contributed by atoms with Crippen molar-refractivity contribution in [1.82, 2.24) is 0 Å². The van der Waals surface area contributed by atoms with Gasteiger partial charge in [0.25, 0.3) is 0 Å². The zero-order valence-corrected chi connectivity index (χ0v) is 14.5. The lowest BCUT2D eigenvalue weighted by Crippen LogP contribution is -2.46. The average molecular weight is 310 g/mol. The molecule has 1 heterocycles. The molecule has 0 atom stereocenters. The highest BCUT2D eigenvalue weighted by Crippen LogP contribution is 2.46. The SMILES string of the molecule is CC(C)OC(=O)C1(CCB2OC(C)(C)C(C)(C)O2)CC(=O)C1. The van der Waals surface area contributed by atoms with E-state index in [1.165, 1.54) is 0 Å². The van der Waals surface area contributed by atoms with Crippen LogP contribution < -0.4 is 0 Å². The van der Waals surface area contributed by atoms with E-state index < -0.39 is 5.41 Å². The molecule has 2 fully saturated rings. The normalized spacial score (nSPS) is 25.2. The summed E-state index contributed by atoms with van der Waals surface area (Å²) in [5.41, 5.74) is -1.43. The highest BCUT2D eigenvalue weighted by molar-refractivity contribution is 6.45. The van der Waals surface area contributed by atoms with Crippen molar-refractivity contribution in [2.75, 3.05) is 0 Å². The van der Waals surface area contributed by atoms with Gasteiger partial charge >= 0.3 is 13.1 Å². The predicted molar refractivity (Wildman–Crippen MR) is 83.4 cm³/mol. The van der Waals surface area contributed by atoms with E-state index in [9.17, 15) is 9.59 Å². The molecule has 2 rings (SSSR count). The van der Waals surface area contributed by atoms with Crippen LogP contribution in [0.5, 0.6) is 0 Å². The lowest BCUT2D eigenvalue weighted by atomic mass is 9.62. The maximum absolute atomic E-state index is 12.3. The number of hydrogen-bond donors (Lipinski definition) is 0. The van der Waals surface area contributed by atoms with Crippen LogP contribution in [0.15, 0.2) is 0 Å². The fraction of sp³-hybridized carbons (Fsp3) is 0.875. The summed E-state index contributed by atoms with van der Waals surface area (Å²) in [7, 11) is -0.343. The van der Waals surface area contributed by atoms with E-state index in [-0.39, 0.29) is 49.0 Å². The lowest BCUT2D eigenvalue weighted by molar-refractivity contribution is -0.170. The van der Waals surface area contributed by atoms with Gasteiger partial charge in [0, 0.05) is 12.8 Å². The van der Waals surface area contributed by atoms with Crippen molar-refractivity contribution in [2.45, 2.75) is 84.4 Å². The minimum atomic E-state index is -0.676. The van der Waals surface area contributed by atoms with E-state index in [1.807, 2.05) is 41.5 Å². The molecular weight excluding hydrogens is 283 g/mol. The van der Waals surface area contributed by atoms with Crippen LogP contribution in [0.25, 0.3) is 0 Å². The van der Waals surface area contributed by atoms with Gasteiger partial charge in [0.2, 0.25) is 0 Å². The molecule has 0 unspecified atom stereocenters. The van der Waals surface area contributed by atoms with Gasteiger partial charge in [-0.1, -0.05) is 0 Å². The molecule has 1 aliphatic heterocycles. The number of Topliss-reactive ketones (excluding diaryl/α,β-unsaturated/α-hetero) is 1. The second kappa shape index (κ2) is 5.64. The Balaban J connectivity index is 1.97. The smallest absolute Gasteiger partial charge is 0.457 e. The second-order valence-electron chi connectivity index (χ2n) is 7.85. The summed E-state index contributed by atoms with van der Waals surface area (Å²) in [4.78, 5) is 23.7. The van der Waals surface area contributed by atoms with Crippen LogP contribution in [0.4, 0.5) is 0 Å². The summed E-state index contributed by atoms with van der Waals surface area (Å²) < 4.78 is 17.2. The average Bonchev–Trinajstić information content (AvgIpc) is 2.50. The van der Waals surface area contributed by atoms with Gasteiger partial charge < -0.3 is 14.0 Å². The van der Waals surface area contributed by atoms with Crippen molar-refractivity contribution in [3.63, 3.8) is 0 Å². The topological polar surface area (TPSA) is 61.8 Å². The van der Waals surface area contributed by atoms with E-state index in [2.05, 4.69) is 0 Å². The molecule has 5 nitrogen and oxygen atoms in total. The summed E-state index contributed by atoms with van der Waals surface area (Å²) >= 11 is 0. The Kier molecular flexibility index (Phi) is 4.48. The Bertz CT molecular complexity index is 445. The van der Waals surface area contributed by atoms with Crippen molar-refractivity contribution < 1.29 is 23.6 Å². The summed E-state index contributed by atoms with van der Waals surface area (Å²) in [6.07, 6.45) is 1.53. The number of esters is 1. The minimum Gasteiger partial charge on any atom is -0.463 e. The summed E-state index contributed by atoms with van der Waals surface area (Å²) in [6, 6.07) is 0. The molecule has 0 aromatic carbocycles. The van der Waals surface area contributed by atoms with Crippen molar-refractivity contribution in [3.8, 4) is 0 Å². The molecule has 0 radical (unpaired) electrons. The van der Waals surface area contributed by atoms with Crippen molar-refractivity contribution in [2.24, 2.45) is 5.41 Å². The monoisotopic (exact) mass is 310 g/mol. The molecule has 22 heavy (non-hydrogen) atoms. The first-order valence-corrected chi connectivity index (χ1v) is 8.06. The standard InChI is InChI=1S/C16H27BO5/c1-11(2)20-13(19)16(9-12(18)10-16)7-8-17-21-14(3,4)15(5,6)22-17/h11H,7-10H2,1-6H3. The van der Waals surface area contributed by atoms with Crippen molar-refractivity contribution in [1.29, 1.82) is 0 Å². The van der Waals surface area contributed by atoms with Gasteiger partial charge in [0.05, 0.1) is 22.7 Å². The Morgan fingerprint density at radius 1 is 1.18 bits per heavy atom. The van der Waals surface area contributed by atoms with Crippen molar-refractivity contribution in [3.05, 3.63) is 0 Å². The van der Waals surface area contributed by atoms with Crippen LogP contribution in [0.1, 0.15) is 60.8 Å². The molecule has 0 aromatic heterocycles. The Morgan fingerprint density at radius 2 is 1.68 bits per heavy atom. The zero-order valence-electron chi connectivity index (χ0n) is 14.5. The van der Waals surface area contributed by atoms with Crippen LogP contribution >= 0.6 is 0 Å². The molecule has 0 N–H and O–H groups in total.